The predicted octanol–water partition coefficient (Wildman–Crippen LogP) is 2.46. The fourth-order valence-electron chi connectivity index (χ4n) is 0.974. The first-order valence-corrected chi connectivity index (χ1v) is 5.09. The maximum absolute atomic E-state index is 7.02. The van der Waals surface area contributed by atoms with Gasteiger partial charge in [0.1, 0.15) is 5.84 Å². The van der Waals surface area contributed by atoms with E-state index in [2.05, 4.69) is 4.99 Å². The van der Waals surface area contributed by atoms with Crippen LogP contribution in [-0.4, -0.2) is 18.1 Å². The number of rotatable bonds is 3. The van der Waals surface area contributed by atoms with Crippen LogP contribution in [0.3, 0.4) is 0 Å². The van der Waals surface area contributed by atoms with Crippen molar-refractivity contribution in [3.8, 4) is 0 Å². The molecule has 0 atom stereocenters. The fraction of sp³-hybridized carbons (Fsp3) is 0.333. The van der Waals surface area contributed by atoms with E-state index >= 15 is 0 Å². The quantitative estimate of drug-likeness (QED) is 0.578. The predicted molar refractivity (Wildman–Crippen MR) is 66.8 cm³/mol. The summed E-state index contributed by atoms with van der Waals surface area (Å²) in [6, 6.07) is 9.85. The Kier molecular flexibility index (Phi) is 6.89. The Hall–Kier alpha value is -1.64. The minimum absolute atomic E-state index is 0.0929. The molecular formula is C12H19N3. The monoisotopic (exact) mass is 205 g/mol. The van der Waals surface area contributed by atoms with Gasteiger partial charge in [-0.25, -0.2) is 0 Å². The molecular weight excluding hydrogens is 186 g/mol. The molecule has 0 heterocycles. The molecule has 0 radical (unpaired) electrons. The molecule has 3 N–H and O–H groups in total. The van der Waals surface area contributed by atoms with Crippen LogP contribution in [0.1, 0.15) is 26.3 Å². The Balaban J connectivity index is 0.000000921. The van der Waals surface area contributed by atoms with E-state index in [0.717, 1.165) is 11.3 Å². The van der Waals surface area contributed by atoms with E-state index in [4.69, 9.17) is 11.1 Å². The third-order valence-corrected chi connectivity index (χ3v) is 1.68. The summed E-state index contributed by atoms with van der Waals surface area (Å²) in [6.45, 7) is 6.19. The molecule has 1 aromatic carbocycles. The summed E-state index contributed by atoms with van der Waals surface area (Å²) in [7, 11) is 0. The maximum atomic E-state index is 7.02. The van der Waals surface area contributed by atoms with Crippen molar-refractivity contribution in [2.75, 3.05) is 6.54 Å². The summed E-state index contributed by atoms with van der Waals surface area (Å²) < 4.78 is 0. The molecule has 0 unspecified atom stereocenters. The molecule has 0 saturated carbocycles. The summed E-state index contributed by atoms with van der Waals surface area (Å²) >= 11 is 0. The minimum Gasteiger partial charge on any atom is -0.386 e. The standard InChI is InChI=1S/C10H13N3.C2H6/c1-8(13-7-10(11)12)9-5-3-2-4-6-9;1-2/h2-6H,7H2,1H3,(H3,11,12);1-2H3. The average molecular weight is 205 g/mol. The third kappa shape index (κ3) is 5.62. The van der Waals surface area contributed by atoms with Crippen molar-refractivity contribution < 1.29 is 0 Å². The fourth-order valence-corrected chi connectivity index (χ4v) is 0.974. The van der Waals surface area contributed by atoms with Crippen molar-refractivity contribution in [3.05, 3.63) is 35.9 Å². The molecule has 0 fully saturated rings. The zero-order chi connectivity index (χ0) is 11.7. The topological polar surface area (TPSA) is 62.2 Å². The van der Waals surface area contributed by atoms with Gasteiger partial charge in [0.15, 0.2) is 0 Å². The highest BCUT2D eigenvalue weighted by Gasteiger charge is 1.94. The number of nitrogens with zero attached hydrogens (tertiary/aromatic N) is 1. The summed E-state index contributed by atoms with van der Waals surface area (Å²) in [5.74, 6) is 0.0929. The molecule has 0 saturated heterocycles. The molecule has 3 heteroatoms. The lowest BCUT2D eigenvalue weighted by molar-refractivity contribution is 1.22. The van der Waals surface area contributed by atoms with Gasteiger partial charge in [0.05, 0.1) is 6.54 Å². The summed E-state index contributed by atoms with van der Waals surface area (Å²) in [4.78, 5) is 4.16. The van der Waals surface area contributed by atoms with Crippen LogP contribution in [-0.2, 0) is 0 Å². The number of hydrogen-bond donors (Lipinski definition) is 2. The van der Waals surface area contributed by atoms with E-state index in [-0.39, 0.29) is 12.4 Å². The van der Waals surface area contributed by atoms with Crippen LogP contribution >= 0.6 is 0 Å². The molecule has 0 amide bonds. The lowest BCUT2D eigenvalue weighted by atomic mass is 10.1. The molecule has 82 valence electrons. The van der Waals surface area contributed by atoms with E-state index in [1.165, 1.54) is 0 Å². The van der Waals surface area contributed by atoms with Gasteiger partial charge >= 0.3 is 0 Å². The van der Waals surface area contributed by atoms with Crippen molar-refractivity contribution in [2.45, 2.75) is 20.8 Å². The van der Waals surface area contributed by atoms with Gasteiger partial charge < -0.3 is 5.73 Å². The second-order valence-corrected chi connectivity index (χ2v) is 2.79. The molecule has 3 nitrogen and oxygen atoms in total. The Morgan fingerprint density at radius 1 is 1.27 bits per heavy atom. The Morgan fingerprint density at radius 3 is 2.27 bits per heavy atom. The molecule has 0 aliphatic heterocycles. The van der Waals surface area contributed by atoms with Crippen molar-refractivity contribution in [1.82, 2.24) is 0 Å². The third-order valence-electron chi connectivity index (χ3n) is 1.68. The molecule has 0 aliphatic rings. The number of amidine groups is 1. The zero-order valence-electron chi connectivity index (χ0n) is 9.62. The molecule has 0 aliphatic carbocycles. The first-order valence-electron chi connectivity index (χ1n) is 5.09. The van der Waals surface area contributed by atoms with Crippen LogP contribution in [0.5, 0.6) is 0 Å². The summed E-state index contributed by atoms with van der Waals surface area (Å²) in [5.41, 5.74) is 7.18. The van der Waals surface area contributed by atoms with Gasteiger partial charge in [-0.2, -0.15) is 0 Å². The van der Waals surface area contributed by atoms with E-state index in [9.17, 15) is 0 Å². The first kappa shape index (κ1) is 13.4. The van der Waals surface area contributed by atoms with Crippen molar-refractivity contribution in [1.29, 1.82) is 5.41 Å². The molecule has 0 bridgehead atoms. The molecule has 0 spiro atoms. The Morgan fingerprint density at radius 2 is 1.80 bits per heavy atom. The van der Waals surface area contributed by atoms with Crippen LogP contribution in [0.2, 0.25) is 0 Å². The molecule has 1 rings (SSSR count). The molecule has 0 aromatic heterocycles. The largest absolute Gasteiger partial charge is 0.386 e. The Bertz CT molecular complexity index is 315. The Labute approximate surface area is 91.5 Å². The highest BCUT2D eigenvalue weighted by atomic mass is 14.8. The van der Waals surface area contributed by atoms with Crippen LogP contribution in [0.15, 0.2) is 35.3 Å². The second-order valence-electron chi connectivity index (χ2n) is 2.79. The summed E-state index contributed by atoms with van der Waals surface area (Å²) in [5, 5.41) is 7.02. The van der Waals surface area contributed by atoms with E-state index in [1.54, 1.807) is 0 Å². The van der Waals surface area contributed by atoms with E-state index < -0.39 is 0 Å². The second kappa shape index (κ2) is 7.74. The van der Waals surface area contributed by atoms with Gasteiger partial charge in [-0.1, -0.05) is 44.2 Å². The number of nitrogens with two attached hydrogens (primary N) is 1. The highest BCUT2D eigenvalue weighted by Crippen LogP contribution is 2.00. The number of nitrogens with one attached hydrogen (secondary N) is 1. The van der Waals surface area contributed by atoms with Crippen molar-refractivity contribution >= 4 is 11.5 Å². The van der Waals surface area contributed by atoms with Crippen molar-refractivity contribution in [2.24, 2.45) is 10.7 Å². The van der Waals surface area contributed by atoms with Gasteiger partial charge in [-0.15, -0.1) is 0 Å². The van der Waals surface area contributed by atoms with Gasteiger partial charge in [0.25, 0.3) is 0 Å². The number of aliphatic imine (C=N–C) groups is 1. The maximum Gasteiger partial charge on any atom is 0.113 e. The summed E-state index contributed by atoms with van der Waals surface area (Å²) in [6.07, 6.45) is 0. The van der Waals surface area contributed by atoms with Gasteiger partial charge in [0.2, 0.25) is 0 Å². The lowest BCUT2D eigenvalue weighted by Crippen LogP contribution is -2.14. The normalized spacial score (nSPS) is 10.2. The van der Waals surface area contributed by atoms with E-state index in [1.807, 2.05) is 51.1 Å². The van der Waals surface area contributed by atoms with Gasteiger partial charge in [-0.3, -0.25) is 10.4 Å². The average Bonchev–Trinajstić information content (AvgIpc) is 2.30. The van der Waals surface area contributed by atoms with Gasteiger partial charge in [-0.05, 0) is 12.5 Å². The highest BCUT2D eigenvalue weighted by molar-refractivity contribution is 5.99. The van der Waals surface area contributed by atoms with Crippen LogP contribution in [0, 0.1) is 5.41 Å². The molecule has 1 aromatic rings. The lowest BCUT2D eigenvalue weighted by Gasteiger charge is -1.99. The van der Waals surface area contributed by atoms with Gasteiger partial charge in [0, 0.05) is 5.71 Å². The van der Waals surface area contributed by atoms with Crippen LogP contribution in [0.4, 0.5) is 0 Å². The number of benzene rings is 1. The minimum atomic E-state index is 0.0929. The zero-order valence-corrected chi connectivity index (χ0v) is 9.62. The SMILES string of the molecule is CC.CC(=NCC(=N)N)c1ccccc1. The van der Waals surface area contributed by atoms with Crippen LogP contribution < -0.4 is 5.73 Å². The smallest absolute Gasteiger partial charge is 0.113 e. The van der Waals surface area contributed by atoms with E-state index in [0.29, 0.717) is 0 Å². The van der Waals surface area contributed by atoms with Crippen molar-refractivity contribution in [3.63, 3.8) is 0 Å². The molecule has 15 heavy (non-hydrogen) atoms. The van der Waals surface area contributed by atoms with Crippen LogP contribution in [0.25, 0.3) is 0 Å². The number of hydrogen-bond acceptors (Lipinski definition) is 2. The first-order chi connectivity index (χ1) is 7.20.